The van der Waals surface area contributed by atoms with E-state index in [1.807, 2.05) is 36.2 Å². The van der Waals surface area contributed by atoms with Gasteiger partial charge in [-0.2, -0.15) is 0 Å². The van der Waals surface area contributed by atoms with Crippen LogP contribution in [-0.4, -0.2) is 42.2 Å². The lowest BCUT2D eigenvalue weighted by Crippen LogP contribution is -2.35. The molecule has 2 unspecified atom stereocenters. The number of halogens is 1. The number of likely N-dealkylation sites (N-methyl/N-ethyl adjacent to an activating group) is 1. The van der Waals surface area contributed by atoms with E-state index >= 15 is 0 Å². The summed E-state index contributed by atoms with van der Waals surface area (Å²) in [6, 6.07) is 7.52. The molecule has 0 radical (unpaired) electrons. The molecule has 2 N–H and O–H groups in total. The molecule has 20 heavy (non-hydrogen) atoms. The highest BCUT2D eigenvalue weighted by Crippen LogP contribution is 2.25. The average molecular weight is 341 g/mol. The molecule has 1 aromatic carbocycles. The maximum Gasteiger partial charge on any atom is 0.238 e. The second kappa shape index (κ2) is 7.20. The third-order valence-electron chi connectivity index (χ3n) is 3.71. The number of hydrogen-bond donors (Lipinski definition) is 2. The van der Waals surface area contributed by atoms with Crippen LogP contribution in [0.4, 0.5) is 5.69 Å². The van der Waals surface area contributed by atoms with Crippen molar-refractivity contribution in [2.24, 2.45) is 5.92 Å². The van der Waals surface area contributed by atoms with Crippen molar-refractivity contribution in [3.8, 4) is 0 Å². The smallest absolute Gasteiger partial charge is 0.238 e. The summed E-state index contributed by atoms with van der Waals surface area (Å²) in [6.07, 6.45) is 2.83. The summed E-state index contributed by atoms with van der Waals surface area (Å²) in [5.41, 5.74) is 0.799. The van der Waals surface area contributed by atoms with Gasteiger partial charge in [-0.15, -0.1) is 0 Å². The van der Waals surface area contributed by atoms with Gasteiger partial charge in [-0.1, -0.05) is 22.4 Å². The molecule has 110 valence electrons. The maximum atomic E-state index is 11.9. The first-order chi connectivity index (χ1) is 9.54. The first-order valence-electron chi connectivity index (χ1n) is 6.96. The first kappa shape index (κ1) is 15.5. The van der Waals surface area contributed by atoms with Crippen molar-refractivity contribution in [2.45, 2.75) is 25.4 Å². The Morgan fingerprint density at radius 1 is 1.40 bits per heavy atom. The molecular weight excluding hydrogens is 320 g/mol. The van der Waals surface area contributed by atoms with Crippen molar-refractivity contribution in [1.82, 2.24) is 4.90 Å². The van der Waals surface area contributed by atoms with Gasteiger partial charge in [0.25, 0.3) is 0 Å². The third kappa shape index (κ3) is 4.58. The van der Waals surface area contributed by atoms with E-state index in [0.717, 1.165) is 36.0 Å². The minimum absolute atomic E-state index is 0.0256. The molecule has 0 saturated heterocycles. The second-order valence-corrected chi connectivity index (χ2v) is 6.43. The number of hydrogen-bond acceptors (Lipinski definition) is 3. The molecule has 0 aliphatic heterocycles. The van der Waals surface area contributed by atoms with E-state index in [1.165, 1.54) is 0 Å². The number of nitrogens with zero attached hydrogens (tertiary/aromatic N) is 1. The number of aliphatic hydroxyl groups excluding tert-OH is 1. The van der Waals surface area contributed by atoms with Gasteiger partial charge >= 0.3 is 0 Å². The fraction of sp³-hybridized carbons (Fsp3) is 0.533. The summed E-state index contributed by atoms with van der Waals surface area (Å²) < 4.78 is 0.989. The average Bonchev–Trinajstić information content (AvgIpc) is 2.77. The zero-order valence-electron chi connectivity index (χ0n) is 11.7. The van der Waals surface area contributed by atoms with Gasteiger partial charge in [0.1, 0.15) is 0 Å². The van der Waals surface area contributed by atoms with E-state index in [9.17, 15) is 9.90 Å². The Morgan fingerprint density at radius 2 is 2.10 bits per heavy atom. The van der Waals surface area contributed by atoms with Crippen LogP contribution in [0.1, 0.15) is 19.3 Å². The Kier molecular flexibility index (Phi) is 5.57. The number of benzene rings is 1. The summed E-state index contributed by atoms with van der Waals surface area (Å²) in [4.78, 5) is 13.9. The van der Waals surface area contributed by atoms with Gasteiger partial charge in [-0.05, 0) is 50.1 Å². The van der Waals surface area contributed by atoms with Crippen LogP contribution in [0, 0.1) is 5.92 Å². The van der Waals surface area contributed by atoms with Crippen molar-refractivity contribution in [3.63, 3.8) is 0 Å². The lowest BCUT2D eigenvalue weighted by Gasteiger charge is -2.22. The Morgan fingerprint density at radius 3 is 2.70 bits per heavy atom. The molecule has 0 heterocycles. The number of carbonyl (C=O) groups is 1. The molecule has 1 fully saturated rings. The van der Waals surface area contributed by atoms with Gasteiger partial charge < -0.3 is 10.4 Å². The number of amides is 1. The third-order valence-corrected chi connectivity index (χ3v) is 4.24. The number of aliphatic hydroxyl groups is 1. The summed E-state index contributed by atoms with van der Waals surface area (Å²) in [7, 11) is 1.92. The van der Waals surface area contributed by atoms with Crippen molar-refractivity contribution in [2.75, 3.05) is 25.5 Å². The predicted octanol–water partition coefficient (Wildman–Crippen LogP) is 2.48. The molecular formula is C15H21BrN2O2. The lowest BCUT2D eigenvalue weighted by molar-refractivity contribution is -0.117. The van der Waals surface area contributed by atoms with Gasteiger partial charge in [0.2, 0.25) is 5.91 Å². The van der Waals surface area contributed by atoms with Crippen LogP contribution in [0.2, 0.25) is 0 Å². The fourth-order valence-corrected chi connectivity index (χ4v) is 2.94. The lowest BCUT2D eigenvalue weighted by atomic mass is 10.1. The molecule has 5 heteroatoms. The zero-order chi connectivity index (χ0) is 14.5. The van der Waals surface area contributed by atoms with Crippen molar-refractivity contribution in [3.05, 3.63) is 28.7 Å². The fourth-order valence-electron chi connectivity index (χ4n) is 2.67. The quantitative estimate of drug-likeness (QED) is 0.865. The number of anilines is 1. The Labute approximate surface area is 128 Å². The van der Waals surface area contributed by atoms with E-state index in [0.29, 0.717) is 12.5 Å². The van der Waals surface area contributed by atoms with Crippen LogP contribution in [0.3, 0.4) is 0 Å². The van der Waals surface area contributed by atoms with Crippen LogP contribution in [0.5, 0.6) is 0 Å². The molecule has 0 bridgehead atoms. The first-order valence-corrected chi connectivity index (χ1v) is 7.76. The molecule has 1 amide bonds. The highest BCUT2D eigenvalue weighted by molar-refractivity contribution is 9.10. The molecule has 0 aromatic heterocycles. The van der Waals surface area contributed by atoms with E-state index in [2.05, 4.69) is 21.2 Å². The molecule has 4 nitrogen and oxygen atoms in total. The highest BCUT2D eigenvalue weighted by Gasteiger charge is 2.26. The summed E-state index contributed by atoms with van der Waals surface area (Å²) in [5.74, 6) is 0.280. The van der Waals surface area contributed by atoms with Crippen LogP contribution in [0.25, 0.3) is 0 Å². The maximum absolute atomic E-state index is 11.9. The van der Waals surface area contributed by atoms with E-state index in [1.54, 1.807) is 0 Å². The van der Waals surface area contributed by atoms with E-state index in [-0.39, 0.29) is 12.0 Å². The number of rotatable bonds is 5. The zero-order valence-corrected chi connectivity index (χ0v) is 13.3. The molecule has 1 aliphatic rings. The molecule has 2 atom stereocenters. The van der Waals surface area contributed by atoms with Crippen LogP contribution in [0.15, 0.2) is 28.7 Å². The monoisotopic (exact) mass is 340 g/mol. The van der Waals surface area contributed by atoms with Crippen molar-refractivity contribution < 1.29 is 9.90 Å². The molecule has 2 rings (SSSR count). The topological polar surface area (TPSA) is 52.6 Å². The highest BCUT2D eigenvalue weighted by atomic mass is 79.9. The Hall–Kier alpha value is -0.910. The standard InChI is InChI=1S/C15H21BrN2O2/c1-18(9-11-3-2-4-14(11)19)10-15(20)17-13-7-5-12(16)6-8-13/h5-8,11,14,19H,2-4,9-10H2,1H3,(H,17,20). The summed E-state index contributed by atoms with van der Waals surface area (Å²) >= 11 is 3.36. The van der Waals surface area contributed by atoms with E-state index in [4.69, 9.17) is 0 Å². The minimum atomic E-state index is -0.202. The Balaban J connectivity index is 1.77. The van der Waals surface area contributed by atoms with Gasteiger partial charge in [-0.25, -0.2) is 0 Å². The number of carbonyl (C=O) groups excluding carboxylic acids is 1. The van der Waals surface area contributed by atoms with Crippen molar-refractivity contribution in [1.29, 1.82) is 0 Å². The molecule has 1 aromatic rings. The Bertz CT molecular complexity index is 450. The summed E-state index contributed by atoms with van der Waals surface area (Å²) in [6.45, 7) is 1.12. The SMILES string of the molecule is CN(CC(=O)Nc1ccc(Br)cc1)CC1CCCC1O. The van der Waals surface area contributed by atoms with Crippen LogP contribution >= 0.6 is 15.9 Å². The van der Waals surface area contributed by atoms with Crippen molar-refractivity contribution >= 4 is 27.5 Å². The van der Waals surface area contributed by atoms with Gasteiger partial charge in [0.05, 0.1) is 12.6 Å². The van der Waals surface area contributed by atoms with Crippen LogP contribution in [-0.2, 0) is 4.79 Å². The molecule has 1 aliphatic carbocycles. The second-order valence-electron chi connectivity index (χ2n) is 5.51. The molecule has 1 saturated carbocycles. The van der Waals surface area contributed by atoms with Gasteiger partial charge in [0.15, 0.2) is 0 Å². The van der Waals surface area contributed by atoms with Gasteiger partial charge in [0, 0.05) is 16.7 Å². The number of nitrogens with one attached hydrogen (secondary N) is 1. The normalized spacial score (nSPS) is 22.2. The largest absolute Gasteiger partial charge is 0.393 e. The predicted molar refractivity (Wildman–Crippen MR) is 83.6 cm³/mol. The summed E-state index contributed by atoms with van der Waals surface area (Å²) in [5, 5.41) is 12.7. The van der Waals surface area contributed by atoms with Crippen LogP contribution < -0.4 is 5.32 Å². The minimum Gasteiger partial charge on any atom is -0.393 e. The van der Waals surface area contributed by atoms with E-state index < -0.39 is 0 Å². The molecule has 0 spiro atoms. The van der Waals surface area contributed by atoms with Gasteiger partial charge in [-0.3, -0.25) is 9.69 Å².